The van der Waals surface area contributed by atoms with Crippen molar-refractivity contribution in [3.8, 4) is 6.07 Å². The van der Waals surface area contributed by atoms with Crippen molar-refractivity contribution in [1.29, 1.82) is 5.26 Å². The van der Waals surface area contributed by atoms with E-state index in [-0.39, 0.29) is 11.5 Å². The summed E-state index contributed by atoms with van der Waals surface area (Å²) in [6, 6.07) is 16.3. The second kappa shape index (κ2) is 7.88. The highest BCUT2D eigenvalue weighted by Crippen LogP contribution is 2.25. The van der Waals surface area contributed by atoms with Gasteiger partial charge >= 0.3 is 0 Å². The molecule has 4 rings (SSSR count). The summed E-state index contributed by atoms with van der Waals surface area (Å²) in [6.07, 6.45) is 0.928. The first-order valence-electron chi connectivity index (χ1n) is 9.73. The summed E-state index contributed by atoms with van der Waals surface area (Å²) >= 11 is 0. The number of hydrogen-bond acceptors (Lipinski definition) is 4. The summed E-state index contributed by atoms with van der Waals surface area (Å²) in [5, 5.41) is 10.6. The fourth-order valence-electron chi connectivity index (χ4n) is 3.69. The van der Waals surface area contributed by atoms with Gasteiger partial charge in [0.15, 0.2) is 0 Å². The van der Waals surface area contributed by atoms with E-state index in [1.54, 1.807) is 17.0 Å². The quantitative estimate of drug-likeness (QED) is 0.685. The summed E-state index contributed by atoms with van der Waals surface area (Å²) in [4.78, 5) is 21.0. The molecule has 29 heavy (non-hydrogen) atoms. The van der Waals surface area contributed by atoms with Gasteiger partial charge < -0.3 is 9.80 Å². The zero-order valence-corrected chi connectivity index (χ0v) is 16.2. The molecule has 0 saturated carbocycles. The molecule has 0 spiro atoms. The van der Waals surface area contributed by atoms with Crippen LogP contribution < -0.4 is 4.90 Å². The average molecular weight is 388 g/mol. The van der Waals surface area contributed by atoms with Crippen LogP contribution in [0.2, 0.25) is 0 Å². The summed E-state index contributed by atoms with van der Waals surface area (Å²) in [5.74, 6) is -0.168. The topological polar surface area (TPSA) is 60.2 Å². The van der Waals surface area contributed by atoms with Crippen molar-refractivity contribution in [3.63, 3.8) is 0 Å². The maximum Gasteiger partial charge on any atom is 0.256 e. The Morgan fingerprint density at radius 3 is 2.59 bits per heavy atom. The summed E-state index contributed by atoms with van der Waals surface area (Å²) in [5.41, 5.74) is 2.67. The van der Waals surface area contributed by atoms with E-state index in [1.165, 1.54) is 17.7 Å². The molecular formula is C23H21FN4O. The normalized spacial score (nSPS) is 14.1. The Hall–Kier alpha value is -3.46. The lowest BCUT2D eigenvalue weighted by Gasteiger charge is -2.36. The van der Waals surface area contributed by atoms with Crippen LogP contribution in [-0.4, -0.2) is 42.0 Å². The van der Waals surface area contributed by atoms with Gasteiger partial charge in [0.05, 0.1) is 16.6 Å². The highest BCUT2D eigenvalue weighted by molar-refractivity contribution is 5.94. The lowest BCUT2D eigenvalue weighted by molar-refractivity contribution is 0.0742. The molecule has 1 aliphatic rings. The molecule has 0 N–H and O–H groups in total. The maximum absolute atomic E-state index is 13.9. The third-order valence-corrected chi connectivity index (χ3v) is 5.36. The Balaban J connectivity index is 1.55. The standard InChI is InChI=1S/C23H21FN4O/c1-2-16-7-8-21-17(13-16)14-18(15-25)22(26-21)27-9-11-28(12-10-27)23(29)19-5-3-4-6-20(19)24/h3-8,13-14H,2,9-12H2,1H3. The molecule has 1 fully saturated rings. The van der Waals surface area contributed by atoms with Crippen molar-refractivity contribution in [1.82, 2.24) is 9.88 Å². The van der Waals surface area contributed by atoms with Crippen LogP contribution in [0, 0.1) is 17.1 Å². The third-order valence-electron chi connectivity index (χ3n) is 5.36. The van der Waals surface area contributed by atoms with Gasteiger partial charge in [0, 0.05) is 31.6 Å². The number of fused-ring (bicyclic) bond motifs is 1. The summed E-state index contributed by atoms with van der Waals surface area (Å²) in [6.45, 7) is 4.08. The first-order valence-corrected chi connectivity index (χ1v) is 9.73. The average Bonchev–Trinajstić information content (AvgIpc) is 2.77. The Morgan fingerprint density at radius 1 is 1.14 bits per heavy atom. The Bertz CT molecular complexity index is 1110. The smallest absolute Gasteiger partial charge is 0.256 e. The number of hydrogen-bond donors (Lipinski definition) is 0. The molecule has 1 amide bonds. The van der Waals surface area contributed by atoms with Gasteiger partial charge in [-0.1, -0.05) is 25.1 Å². The Morgan fingerprint density at radius 2 is 1.90 bits per heavy atom. The van der Waals surface area contributed by atoms with Crippen LogP contribution in [0.3, 0.4) is 0 Å². The van der Waals surface area contributed by atoms with Gasteiger partial charge in [0.2, 0.25) is 0 Å². The number of nitrogens with zero attached hydrogens (tertiary/aromatic N) is 4. The van der Waals surface area contributed by atoms with E-state index < -0.39 is 5.82 Å². The van der Waals surface area contributed by atoms with E-state index in [0.717, 1.165) is 17.3 Å². The fourth-order valence-corrected chi connectivity index (χ4v) is 3.69. The fraction of sp³-hybridized carbons (Fsp3) is 0.261. The van der Waals surface area contributed by atoms with E-state index in [1.807, 2.05) is 17.0 Å². The van der Waals surface area contributed by atoms with Crippen molar-refractivity contribution in [2.24, 2.45) is 0 Å². The van der Waals surface area contributed by atoms with Crippen molar-refractivity contribution in [2.75, 3.05) is 31.1 Å². The first kappa shape index (κ1) is 18.9. The van der Waals surface area contributed by atoms with Crippen LogP contribution in [0.25, 0.3) is 10.9 Å². The van der Waals surface area contributed by atoms with Crippen molar-refractivity contribution >= 4 is 22.6 Å². The van der Waals surface area contributed by atoms with Crippen molar-refractivity contribution in [2.45, 2.75) is 13.3 Å². The minimum absolute atomic E-state index is 0.0919. The number of halogens is 1. The molecule has 0 bridgehead atoms. The molecule has 1 aliphatic heterocycles. The predicted molar refractivity (Wildman–Crippen MR) is 110 cm³/mol. The monoisotopic (exact) mass is 388 g/mol. The molecule has 0 atom stereocenters. The molecule has 3 aromatic rings. The van der Waals surface area contributed by atoms with E-state index in [9.17, 15) is 14.4 Å². The van der Waals surface area contributed by atoms with Gasteiger partial charge in [-0.25, -0.2) is 9.37 Å². The van der Waals surface area contributed by atoms with Gasteiger partial charge in [0.1, 0.15) is 17.7 Å². The molecule has 0 aliphatic carbocycles. The second-order valence-electron chi connectivity index (χ2n) is 7.11. The lowest BCUT2D eigenvalue weighted by Crippen LogP contribution is -2.49. The lowest BCUT2D eigenvalue weighted by atomic mass is 10.1. The van der Waals surface area contributed by atoms with Gasteiger partial charge in [-0.2, -0.15) is 5.26 Å². The number of benzene rings is 2. The number of anilines is 1. The SMILES string of the molecule is CCc1ccc2nc(N3CCN(C(=O)c4ccccc4F)CC3)c(C#N)cc2c1. The number of aryl methyl sites for hydroxylation is 1. The van der Waals surface area contributed by atoms with Crippen LogP contribution in [0.15, 0.2) is 48.5 Å². The molecule has 146 valence electrons. The molecule has 1 aromatic heterocycles. The molecule has 2 heterocycles. The van der Waals surface area contributed by atoms with Gasteiger partial charge in [-0.15, -0.1) is 0 Å². The predicted octanol–water partition coefficient (Wildman–Crippen LogP) is 3.77. The molecule has 2 aromatic carbocycles. The minimum Gasteiger partial charge on any atom is -0.352 e. The molecule has 0 radical (unpaired) electrons. The summed E-state index contributed by atoms with van der Waals surface area (Å²) in [7, 11) is 0. The zero-order valence-electron chi connectivity index (χ0n) is 16.2. The number of aromatic nitrogens is 1. The first-order chi connectivity index (χ1) is 14.1. The molecular weight excluding hydrogens is 367 g/mol. The van der Waals surface area contributed by atoms with E-state index in [2.05, 4.69) is 25.1 Å². The highest BCUT2D eigenvalue weighted by atomic mass is 19.1. The van der Waals surface area contributed by atoms with Crippen LogP contribution in [0.5, 0.6) is 0 Å². The molecule has 0 unspecified atom stereocenters. The zero-order chi connectivity index (χ0) is 20.4. The number of piperazine rings is 1. The van der Waals surface area contributed by atoms with E-state index in [0.29, 0.717) is 37.6 Å². The largest absolute Gasteiger partial charge is 0.352 e. The van der Waals surface area contributed by atoms with Crippen LogP contribution in [0.4, 0.5) is 10.2 Å². The van der Waals surface area contributed by atoms with Gasteiger partial charge in [-0.05, 0) is 42.3 Å². The van der Waals surface area contributed by atoms with Gasteiger partial charge in [-0.3, -0.25) is 4.79 Å². The number of nitriles is 1. The highest BCUT2D eigenvalue weighted by Gasteiger charge is 2.26. The number of pyridine rings is 1. The van der Waals surface area contributed by atoms with Crippen LogP contribution in [0.1, 0.15) is 28.4 Å². The third kappa shape index (κ3) is 3.64. The number of rotatable bonds is 3. The number of carbonyl (C=O) groups is 1. The number of amides is 1. The maximum atomic E-state index is 13.9. The van der Waals surface area contributed by atoms with Crippen LogP contribution >= 0.6 is 0 Å². The van der Waals surface area contributed by atoms with Crippen molar-refractivity contribution < 1.29 is 9.18 Å². The Labute approximate surface area is 169 Å². The van der Waals surface area contributed by atoms with E-state index in [4.69, 9.17) is 4.98 Å². The number of carbonyl (C=O) groups excluding carboxylic acids is 1. The van der Waals surface area contributed by atoms with Crippen molar-refractivity contribution in [3.05, 3.63) is 71.0 Å². The molecule has 1 saturated heterocycles. The van der Waals surface area contributed by atoms with Crippen LogP contribution in [-0.2, 0) is 6.42 Å². The summed E-state index contributed by atoms with van der Waals surface area (Å²) < 4.78 is 13.9. The Kier molecular flexibility index (Phi) is 5.13. The molecule has 6 heteroatoms. The minimum atomic E-state index is -0.505. The van der Waals surface area contributed by atoms with E-state index >= 15 is 0 Å². The molecule has 5 nitrogen and oxygen atoms in total. The van der Waals surface area contributed by atoms with Gasteiger partial charge in [0.25, 0.3) is 5.91 Å². The second-order valence-corrected chi connectivity index (χ2v) is 7.11.